The Bertz CT molecular complexity index is 889. The van der Waals surface area contributed by atoms with E-state index in [0.29, 0.717) is 31.4 Å². The van der Waals surface area contributed by atoms with Gasteiger partial charge in [-0.2, -0.15) is 13.2 Å². The number of nitrogens with one attached hydrogen (secondary N) is 2. The van der Waals surface area contributed by atoms with Crippen LogP contribution in [0.3, 0.4) is 0 Å². The molecule has 1 saturated heterocycles. The third-order valence-electron chi connectivity index (χ3n) is 4.82. The second-order valence-electron chi connectivity index (χ2n) is 6.88. The number of pyridine rings is 1. The van der Waals surface area contributed by atoms with Crippen LogP contribution in [0.2, 0.25) is 5.02 Å². The molecule has 2 N–H and O–H groups in total. The fraction of sp³-hybridized carbons (Fsp3) is 0.400. The molecule has 0 radical (unpaired) electrons. The Hall–Kier alpha value is -2.68. The van der Waals surface area contributed by atoms with E-state index >= 15 is 0 Å². The van der Waals surface area contributed by atoms with Crippen LogP contribution in [0.15, 0.2) is 41.5 Å². The van der Waals surface area contributed by atoms with Crippen molar-refractivity contribution in [2.75, 3.05) is 32.1 Å². The van der Waals surface area contributed by atoms with Crippen molar-refractivity contribution >= 4 is 23.4 Å². The number of hydrogen-bond acceptors (Lipinski definition) is 4. The van der Waals surface area contributed by atoms with Gasteiger partial charge in [-0.05, 0) is 30.2 Å². The molecule has 1 unspecified atom stereocenters. The minimum Gasteiger partial charge on any atom is -0.497 e. The van der Waals surface area contributed by atoms with Crippen molar-refractivity contribution in [3.05, 3.63) is 52.7 Å². The standard InChI is InChI=1S/C20H23ClF3N5O/c1-25-19(27-10-13-3-5-16(30-2)6-4-13)28-15-7-8-29(12-15)18-17(21)9-14(11-26-18)20(22,23)24/h3-6,9,11,15H,7-8,10,12H2,1-2H3,(H2,25,27,28). The molecule has 2 aromatic rings. The van der Waals surface area contributed by atoms with Gasteiger partial charge in [-0.1, -0.05) is 23.7 Å². The number of halogens is 4. The molecule has 162 valence electrons. The first-order valence-corrected chi connectivity index (χ1v) is 9.75. The SMILES string of the molecule is CN=C(NCc1ccc(OC)cc1)NC1CCN(c2ncc(C(F)(F)F)cc2Cl)C1. The Balaban J connectivity index is 1.55. The van der Waals surface area contributed by atoms with E-state index in [4.69, 9.17) is 16.3 Å². The van der Waals surface area contributed by atoms with Gasteiger partial charge in [-0.3, -0.25) is 4.99 Å². The molecule has 1 atom stereocenters. The molecule has 1 aliphatic heterocycles. The lowest BCUT2D eigenvalue weighted by molar-refractivity contribution is -0.137. The molecular formula is C20H23ClF3N5O. The number of anilines is 1. The van der Waals surface area contributed by atoms with E-state index in [0.717, 1.165) is 30.0 Å². The van der Waals surface area contributed by atoms with E-state index in [1.54, 1.807) is 14.2 Å². The lowest BCUT2D eigenvalue weighted by atomic mass is 10.2. The third-order valence-corrected chi connectivity index (χ3v) is 5.10. The van der Waals surface area contributed by atoms with E-state index in [1.165, 1.54) is 0 Å². The number of aliphatic imine (C=N–C) groups is 1. The van der Waals surface area contributed by atoms with Crippen LogP contribution in [-0.2, 0) is 12.7 Å². The molecule has 6 nitrogen and oxygen atoms in total. The number of nitrogens with zero attached hydrogens (tertiary/aromatic N) is 3. The van der Waals surface area contributed by atoms with Gasteiger partial charge in [0.1, 0.15) is 11.6 Å². The summed E-state index contributed by atoms with van der Waals surface area (Å²) in [7, 11) is 3.31. The van der Waals surface area contributed by atoms with Gasteiger partial charge in [0.15, 0.2) is 5.96 Å². The quantitative estimate of drug-likeness (QED) is 0.547. The molecule has 3 rings (SSSR count). The van der Waals surface area contributed by atoms with Gasteiger partial charge in [0.2, 0.25) is 0 Å². The van der Waals surface area contributed by atoms with Gasteiger partial charge < -0.3 is 20.3 Å². The average molecular weight is 442 g/mol. The second kappa shape index (κ2) is 9.42. The number of aromatic nitrogens is 1. The van der Waals surface area contributed by atoms with Crippen LogP contribution in [0.25, 0.3) is 0 Å². The number of methoxy groups -OCH3 is 1. The van der Waals surface area contributed by atoms with Crippen molar-refractivity contribution in [2.24, 2.45) is 4.99 Å². The Morgan fingerprint density at radius 2 is 2.07 bits per heavy atom. The normalized spacial score (nSPS) is 17.2. The maximum atomic E-state index is 12.8. The average Bonchev–Trinajstić information content (AvgIpc) is 3.19. The summed E-state index contributed by atoms with van der Waals surface area (Å²) in [6, 6.07) is 8.70. The lowest BCUT2D eigenvalue weighted by Crippen LogP contribution is -2.44. The number of hydrogen-bond donors (Lipinski definition) is 2. The number of guanidine groups is 1. The molecule has 0 spiro atoms. The molecule has 30 heavy (non-hydrogen) atoms. The first kappa shape index (κ1) is 22.0. The summed E-state index contributed by atoms with van der Waals surface area (Å²) in [4.78, 5) is 10.1. The molecular weight excluding hydrogens is 419 g/mol. The summed E-state index contributed by atoms with van der Waals surface area (Å²) in [6.45, 7) is 1.78. The predicted octanol–water partition coefficient (Wildman–Crippen LogP) is 3.71. The Kier molecular flexibility index (Phi) is 6.91. The zero-order valence-electron chi connectivity index (χ0n) is 16.6. The summed E-state index contributed by atoms with van der Waals surface area (Å²) in [6.07, 6.45) is -2.87. The highest BCUT2D eigenvalue weighted by Crippen LogP contribution is 2.34. The van der Waals surface area contributed by atoms with Crippen molar-refractivity contribution in [2.45, 2.75) is 25.2 Å². The molecule has 1 aliphatic rings. The molecule has 10 heteroatoms. The van der Waals surface area contributed by atoms with Crippen LogP contribution >= 0.6 is 11.6 Å². The van der Waals surface area contributed by atoms with Crippen LogP contribution < -0.4 is 20.3 Å². The maximum absolute atomic E-state index is 12.8. The minimum absolute atomic E-state index is 0.00696. The highest BCUT2D eigenvalue weighted by atomic mass is 35.5. The van der Waals surface area contributed by atoms with Crippen LogP contribution in [0.4, 0.5) is 19.0 Å². The highest BCUT2D eigenvalue weighted by Gasteiger charge is 2.33. The van der Waals surface area contributed by atoms with Crippen molar-refractivity contribution in [3.63, 3.8) is 0 Å². The number of benzene rings is 1. The van der Waals surface area contributed by atoms with Gasteiger partial charge in [-0.25, -0.2) is 4.98 Å². The molecule has 2 heterocycles. The van der Waals surface area contributed by atoms with E-state index in [1.807, 2.05) is 29.2 Å². The Morgan fingerprint density at radius 1 is 1.33 bits per heavy atom. The predicted molar refractivity (Wildman–Crippen MR) is 111 cm³/mol. The van der Waals surface area contributed by atoms with E-state index in [-0.39, 0.29) is 11.1 Å². The van der Waals surface area contributed by atoms with Crippen molar-refractivity contribution in [1.29, 1.82) is 0 Å². The van der Waals surface area contributed by atoms with Crippen LogP contribution in [-0.4, -0.2) is 44.2 Å². The molecule has 0 amide bonds. The topological polar surface area (TPSA) is 61.8 Å². The molecule has 1 aromatic carbocycles. The molecule has 0 aliphatic carbocycles. The van der Waals surface area contributed by atoms with Gasteiger partial charge in [0.05, 0.1) is 17.7 Å². The van der Waals surface area contributed by atoms with Gasteiger partial charge in [0.25, 0.3) is 0 Å². The highest BCUT2D eigenvalue weighted by molar-refractivity contribution is 6.33. The molecule has 1 fully saturated rings. The molecule has 0 bridgehead atoms. The zero-order valence-corrected chi connectivity index (χ0v) is 17.4. The third kappa shape index (κ3) is 5.47. The van der Waals surface area contributed by atoms with Crippen molar-refractivity contribution in [3.8, 4) is 5.75 Å². The summed E-state index contributed by atoms with van der Waals surface area (Å²) in [5.41, 5.74) is 0.223. The van der Waals surface area contributed by atoms with Crippen molar-refractivity contribution in [1.82, 2.24) is 15.6 Å². The summed E-state index contributed by atoms with van der Waals surface area (Å²) in [5, 5.41) is 6.58. The van der Waals surface area contributed by atoms with Crippen LogP contribution in [0, 0.1) is 0 Å². The summed E-state index contributed by atoms with van der Waals surface area (Å²) < 4.78 is 43.6. The summed E-state index contributed by atoms with van der Waals surface area (Å²) in [5.74, 6) is 1.79. The molecule has 0 saturated carbocycles. The largest absolute Gasteiger partial charge is 0.497 e. The van der Waals surface area contributed by atoms with Gasteiger partial charge >= 0.3 is 6.18 Å². The first-order chi connectivity index (χ1) is 14.3. The van der Waals surface area contributed by atoms with E-state index in [2.05, 4.69) is 20.6 Å². The zero-order chi connectivity index (χ0) is 21.7. The second-order valence-corrected chi connectivity index (χ2v) is 7.28. The Morgan fingerprint density at radius 3 is 2.67 bits per heavy atom. The fourth-order valence-corrected chi connectivity index (χ4v) is 3.49. The van der Waals surface area contributed by atoms with E-state index < -0.39 is 11.7 Å². The maximum Gasteiger partial charge on any atom is 0.417 e. The Labute approximate surface area is 178 Å². The number of alkyl halides is 3. The van der Waals surface area contributed by atoms with Crippen molar-refractivity contribution < 1.29 is 17.9 Å². The number of ether oxygens (including phenoxy) is 1. The molecule has 1 aromatic heterocycles. The summed E-state index contributed by atoms with van der Waals surface area (Å²) >= 11 is 6.07. The van der Waals surface area contributed by atoms with E-state index in [9.17, 15) is 13.2 Å². The minimum atomic E-state index is -4.47. The number of rotatable bonds is 5. The fourth-order valence-electron chi connectivity index (χ4n) is 3.21. The van der Waals surface area contributed by atoms with Gasteiger partial charge in [0, 0.05) is 38.9 Å². The van der Waals surface area contributed by atoms with Crippen LogP contribution in [0.5, 0.6) is 5.75 Å². The monoisotopic (exact) mass is 441 g/mol. The van der Waals surface area contributed by atoms with Crippen LogP contribution in [0.1, 0.15) is 17.5 Å². The first-order valence-electron chi connectivity index (χ1n) is 9.38. The smallest absolute Gasteiger partial charge is 0.417 e. The lowest BCUT2D eigenvalue weighted by Gasteiger charge is -2.21. The van der Waals surface area contributed by atoms with Gasteiger partial charge in [-0.15, -0.1) is 0 Å².